The largest absolute Gasteiger partial charge is 0.300 e. The van der Waals surface area contributed by atoms with Gasteiger partial charge in [-0.1, -0.05) is 0 Å². The Morgan fingerprint density at radius 3 is 2.14 bits per heavy atom. The van der Waals surface area contributed by atoms with Crippen LogP contribution in [0.5, 0.6) is 0 Å². The second-order valence-electron chi connectivity index (χ2n) is 5.30. The van der Waals surface area contributed by atoms with Gasteiger partial charge in [0.25, 0.3) is 0 Å². The lowest BCUT2D eigenvalue weighted by molar-refractivity contribution is 0.197. The fourth-order valence-electron chi connectivity index (χ4n) is 2.75. The Morgan fingerprint density at radius 1 is 1.14 bits per heavy atom. The normalized spacial score (nSPS) is 18.1. The molecule has 1 saturated heterocycles. The zero-order chi connectivity index (χ0) is 15.6. The number of piperazine rings is 1. The van der Waals surface area contributed by atoms with Gasteiger partial charge in [0.15, 0.2) is 0 Å². The molecule has 1 fully saturated rings. The van der Waals surface area contributed by atoms with E-state index in [1.54, 1.807) is 13.8 Å². The van der Waals surface area contributed by atoms with E-state index < -0.39 is 15.8 Å². The van der Waals surface area contributed by atoms with E-state index >= 15 is 0 Å². The Kier molecular flexibility index (Phi) is 5.24. The predicted molar refractivity (Wildman–Crippen MR) is 81.8 cm³/mol. The summed E-state index contributed by atoms with van der Waals surface area (Å²) in [5.74, 6) is 0.138. The molecule has 0 saturated carbocycles. The van der Waals surface area contributed by atoms with Crippen LogP contribution in [-0.2, 0) is 10.0 Å². The molecule has 7 heteroatoms. The number of alkyl halides is 1. The summed E-state index contributed by atoms with van der Waals surface area (Å²) < 4.78 is 40.4. The van der Waals surface area contributed by atoms with Gasteiger partial charge in [-0.2, -0.15) is 4.31 Å². The Bertz CT molecular complexity index is 590. The minimum Gasteiger partial charge on any atom is -0.300 e. The molecule has 1 heterocycles. The molecular weight excluding hydrogens is 315 g/mol. The highest BCUT2D eigenvalue weighted by Gasteiger charge is 2.30. The summed E-state index contributed by atoms with van der Waals surface area (Å²) in [5, 5.41) is 0. The number of sulfonamides is 1. The molecule has 0 bridgehead atoms. The van der Waals surface area contributed by atoms with Gasteiger partial charge in [0.05, 0.1) is 4.90 Å². The van der Waals surface area contributed by atoms with Crippen molar-refractivity contribution in [2.75, 3.05) is 38.6 Å². The lowest BCUT2D eigenvalue weighted by atomic mass is 10.1. The molecule has 0 unspecified atom stereocenters. The SMILES string of the molecule is Cc1cc(F)cc(C)c1S(=O)(=O)N1CCN(CCCl)CC1. The van der Waals surface area contributed by atoms with Crippen molar-refractivity contribution in [3.63, 3.8) is 0 Å². The van der Waals surface area contributed by atoms with Gasteiger partial charge >= 0.3 is 0 Å². The number of benzene rings is 1. The van der Waals surface area contributed by atoms with E-state index in [-0.39, 0.29) is 4.90 Å². The Labute approximate surface area is 130 Å². The highest BCUT2D eigenvalue weighted by molar-refractivity contribution is 7.89. The van der Waals surface area contributed by atoms with Gasteiger partial charge in [0.2, 0.25) is 10.0 Å². The first-order valence-corrected chi connectivity index (χ1v) is 8.89. The zero-order valence-corrected chi connectivity index (χ0v) is 13.8. The number of hydrogen-bond acceptors (Lipinski definition) is 3. The van der Waals surface area contributed by atoms with Crippen molar-refractivity contribution in [3.8, 4) is 0 Å². The fraction of sp³-hybridized carbons (Fsp3) is 0.571. The lowest BCUT2D eigenvalue weighted by Gasteiger charge is -2.34. The first kappa shape index (κ1) is 16.7. The van der Waals surface area contributed by atoms with Gasteiger partial charge in [-0.3, -0.25) is 4.90 Å². The second kappa shape index (κ2) is 6.60. The maximum Gasteiger partial charge on any atom is 0.243 e. The molecular formula is C14H20ClFN2O2S. The molecule has 0 atom stereocenters. The molecule has 1 aliphatic rings. The molecule has 0 N–H and O–H groups in total. The van der Waals surface area contributed by atoms with Crippen molar-refractivity contribution >= 4 is 21.6 Å². The molecule has 21 heavy (non-hydrogen) atoms. The number of rotatable bonds is 4. The van der Waals surface area contributed by atoms with Crippen LogP contribution in [0.3, 0.4) is 0 Å². The van der Waals surface area contributed by atoms with Crippen molar-refractivity contribution in [2.24, 2.45) is 0 Å². The van der Waals surface area contributed by atoms with Gasteiger partial charge in [-0.05, 0) is 37.1 Å². The third kappa shape index (κ3) is 3.56. The predicted octanol–water partition coefficient (Wildman–Crippen LogP) is 1.99. The molecule has 0 spiro atoms. The van der Waals surface area contributed by atoms with Gasteiger partial charge in [-0.25, -0.2) is 12.8 Å². The van der Waals surface area contributed by atoms with Crippen LogP contribution < -0.4 is 0 Å². The summed E-state index contributed by atoms with van der Waals surface area (Å²) in [7, 11) is -3.57. The monoisotopic (exact) mass is 334 g/mol. The molecule has 0 radical (unpaired) electrons. The van der Waals surface area contributed by atoms with Crippen molar-refractivity contribution in [3.05, 3.63) is 29.1 Å². The maximum atomic E-state index is 13.3. The van der Waals surface area contributed by atoms with Gasteiger partial charge in [0.1, 0.15) is 5.82 Å². The molecule has 0 amide bonds. The van der Waals surface area contributed by atoms with E-state index in [0.29, 0.717) is 43.2 Å². The molecule has 1 aromatic rings. The molecule has 0 aromatic heterocycles. The van der Waals surface area contributed by atoms with Gasteiger partial charge in [0, 0.05) is 38.6 Å². The summed E-state index contributed by atoms with van der Waals surface area (Å²) in [6.07, 6.45) is 0. The quantitative estimate of drug-likeness (QED) is 0.791. The number of halogens is 2. The van der Waals surface area contributed by atoms with Crippen molar-refractivity contribution < 1.29 is 12.8 Å². The Morgan fingerprint density at radius 2 is 1.67 bits per heavy atom. The highest BCUT2D eigenvalue weighted by Crippen LogP contribution is 2.25. The number of nitrogens with zero attached hydrogens (tertiary/aromatic N) is 2. The lowest BCUT2D eigenvalue weighted by Crippen LogP contribution is -2.49. The van der Waals surface area contributed by atoms with Crippen molar-refractivity contribution in [1.82, 2.24) is 9.21 Å². The molecule has 0 aliphatic carbocycles. The first-order valence-electron chi connectivity index (χ1n) is 6.91. The summed E-state index contributed by atoms with van der Waals surface area (Å²) in [5.41, 5.74) is 0.909. The van der Waals surface area contributed by atoms with E-state index in [2.05, 4.69) is 4.90 Å². The third-order valence-corrected chi connectivity index (χ3v) is 6.13. The standard InChI is InChI=1S/C14H20ClFN2O2S/c1-11-9-13(16)10-12(2)14(11)21(19,20)18-7-5-17(4-3-15)6-8-18/h9-10H,3-8H2,1-2H3. The zero-order valence-electron chi connectivity index (χ0n) is 12.3. The summed E-state index contributed by atoms with van der Waals surface area (Å²) in [4.78, 5) is 2.37. The highest BCUT2D eigenvalue weighted by atomic mass is 35.5. The Hall–Kier alpha value is -0.690. The molecule has 1 aromatic carbocycles. The van der Waals surface area contributed by atoms with E-state index in [9.17, 15) is 12.8 Å². The van der Waals surface area contributed by atoms with Crippen LogP contribution >= 0.6 is 11.6 Å². The second-order valence-corrected chi connectivity index (χ2v) is 7.56. The fourth-order valence-corrected chi connectivity index (χ4v) is 4.82. The topological polar surface area (TPSA) is 40.6 Å². The first-order chi connectivity index (χ1) is 9.86. The van der Waals surface area contributed by atoms with Crippen molar-refractivity contribution in [1.29, 1.82) is 0 Å². The number of hydrogen-bond donors (Lipinski definition) is 0. The average Bonchev–Trinajstić information content (AvgIpc) is 2.38. The van der Waals surface area contributed by atoms with Gasteiger partial charge in [-0.15, -0.1) is 11.6 Å². The molecule has 2 rings (SSSR count). The van der Waals surface area contributed by atoms with E-state index in [4.69, 9.17) is 11.6 Å². The minimum atomic E-state index is -3.57. The van der Waals surface area contributed by atoms with Crippen LogP contribution in [0, 0.1) is 19.7 Å². The summed E-state index contributed by atoms with van der Waals surface area (Å²) >= 11 is 5.70. The van der Waals surface area contributed by atoms with Crippen molar-refractivity contribution in [2.45, 2.75) is 18.7 Å². The molecule has 118 valence electrons. The van der Waals surface area contributed by atoms with Crippen LogP contribution in [0.25, 0.3) is 0 Å². The van der Waals surface area contributed by atoms with E-state index in [0.717, 1.165) is 6.54 Å². The smallest absolute Gasteiger partial charge is 0.243 e. The average molecular weight is 335 g/mol. The van der Waals surface area contributed by atoms with E-state index in [1.165, 1.54) is 16.4 Å². The van der Waals surface area contributed by atoms with Crippen LogP contribution in [0.15, 0.2) is 17.0 Å². The maximum absolute atomic E-state index is 13.3. The van der Waals surface area contributed by atoms with E-state index in [1.807, 2.05) is 0 Å². The van der Waals surface area contributed by atoms with Crippen LogP contribution in [0.1, 0.15) is 11.1 Å². The molecule has 1 aliphatic heterocycles. The minimum absolute atomic E-state index is 0.231. The molecule has 4 nitrogen and oxygen atoms in total. The number of aryl methyl sites for hydroxylation is 2. The summed E-state index contributed by atoms with van der Waals surface area (Å²) in [6, 6.07) is 2.53. The Balaban J connectivity index is 2.24. The van der Waals surface area contributed by atoms with Crippen LogP contribution in [-0.4, -0.2) is 56.2 Å². The summed E-state index contributed by atoms with van der Waals surface area (Å²) in [6.45, 7) is 6.25. The third-order valence-electron chi connectivity index (χ3n) is 3.75. The van der Waals surface area contributed by atoms with Crippen LogP contribution in [0.2, 0.25) is 0 Å². The van der Waals surface area contributed by atoms with Gasteiger partial charge < -0.3 is 0 Å². The van der Waals surface area contributed by atoms with Crippen LogP contribution in [0.4, 0.5) is 4.39 Å².